The number of hydrogen-bond acceptors (Lipinski definition) is 6. The predicted molar refractivity (Wildman–Crippen MR) is 137 cm³/mol. The van der Waals surface area contributed by atoms with Crippen molar-refractivity contribution in [3.05, 3.63) is 113 Å². The van der Waals surface area contributed by atoms with E-state index in [1.54, 1.807) is 25.1 Å². The number of nitrogens with one attached hydrogen (secondary N) is 1. The molecule has 0 bridgehead atoms. The van der Waals surface area contributed by atoms with Gasteiger partial charge < -0.3 is 14.6 Å². The van der Waals surface area contributed by atoms with Crippen molar-refractivity contribution in [3.63, 3.8) is 0 Å². The molecule has 0 fully saturated rings. The molecule has 0 spiro atoms. The molecule has 1 amide bonds. The summed E-state index contributed by atoms with van der Waals surface area (Å²) in [6, 6.07) is 24.6. The lowest BCUT2D eigenvalue weighted by molar-refractivity contribution is -0.119. The Morgan fingerprint density at radius 3 is 2.49 bits per heavy atom. The summed E-state index contributed by atoms with van der Waals surface area (Å²) in [5, 5.41) is 7.12. The number of para-hydroxylation sites is 1. The molecule has 37 heavy (non-hydrogen) atoms. The third-order valence-corrected chi connectivity index (χ3v) is 5.84. The number of carbonyl (C=O) groups excluding carboxylic acids is 2. The number of pyridine rings is 1. The van der Waals surface area contributed by atoms with Gasteiger partial charge >= 0.3 is 5.97 Å². The average Bonchev–Trinajstić information content (AvgIpc) is 3.29. The van der Waals surface area contributed by atoms with Gasteiger partial charge in [0.25, 0.3) is 11.6 Å². The quantitative estimate of drug-likeness (QED) is 0.290. The Kier molecular flexibility index (Phi) is 6.72. The highest BCUT2D eigenvalue weighted by Crippen LogP contribution is 2.28. The van der Waals surface area contributed by atoms with Gasteiger partial charge in [-0.2, -0.15) is 0 Å². The monoisotopic (exact) mass is 495 g/mol. The molecule has 0 atom stereocenters. The number of carbonyl (C=O) groups is 2. The standard InChI is InChI=1S/C29H22FN3O4/c1-18-27-23(16-25(32-28(27)37-33-18)20-11-13-22(30)14-12-20)29(35)36-17-26(34)31-24-10-6-5-9-21(24)15-19-7-3-2-4-8-19/h2-14,16H,15,17H2,1H3,(H,31,34). The molecule has 0 radical (unpaired) electrons. The van der Waals surface area contributed by atoms with E-state index in [2.05, 4.69) is 15.5 Å². The number of halogens is 1. The van der Waals surface area contributed by atoms with E-state index in [1.165, 1.54) is 18.2 Å². The van der Waals surface area contributed by atoms with Crippen LogP contribution in [0, 0.1) is 12.7 Å². The Bertz CT molecular complexity index is 1580. The maximum absolute atomic E-state index is 13.4. The van der Waals surface area contributed by atoms with Crippen LogP contribution in [-0.2, 0) is 16.0 Å². The van der Waals surface area contributed by atoms with Gasteiger partial charge in [0.2, 0.25) is 0 Å². The number of aryl methyl sites for hydroxylation is 1. The Morgan fingerprint density at radius 1 is 0.973 bits per heavy atom. The van der Waals surface area contributed by atoms with Crippen molar-refractivity contribution < 1.29 is 23.2 Å². The number of benzene rings is 3. The van der Waals surface area contributed by atoms with Crippen LogP contribution in [0.1, 0.15) is 27.2 Å². The highest BCUT2D eigenvalue weighted by Gasteiger charge is 2.21. The number of anilines is 1. The normalized spacial score (nSPS) is 10.9. The third kappa shape index (κ3) is 5.38. The Hall–Kier alpha value is -4.85. The van der Waals surface area contributed by atoms with Crippen LogP contribution in [0.15, 0.2) is 89.5 Å². The third-order valence-electron chi connectivity index (χ3n) is 5.84. The zero-order chi connectivity index (χ0) is 25.8. The Morgan fingerprint density at radius 2 is 1.70 bits per heavy atom. The first-order valence-corrected chi connectivity index (χ1v) is 11.6. The van der Waals surface area contributed by atoms with Gasteiger partial charge in [-0.1, -0.05) is 53.7 Å². The molecular weight excluding hydrogens is 473 g/mol. The van der Waals surface area contributed by atoms with Crippen LogP contribution >= 0.6 is 0 Å². The molecule has 5 rings (SSSR count). The molecule has 1 N–H and O–H groups in total. The van der Waals surface area contributed by atoms with Crippen molar-refractivity contribution in [2.45, 2.75) is 13.3 Å². The van der Waals surface area contributed by atoms with E-state index in [4.69, 9.17) is 9.26 Å². The number of amides is 1. The van der Waals surface area contributed by atoms with Crippen molar-refractivity contribution >= 4 is 28.7 Å². The first-order valence-electron chi connectivity index (χ1n) is 11.6. The fraction of sp³-hybridized carbons (Fsp3) is 0.103. The molecule has 2 heterocycles. The Balaban J connectivity index is 1.32. The number of esters is 1. The molecule has 0 saturated heterocycles. The second kappa shape index (κ2) is 10.4. The van der Waals surface area contributed by atoms with Gasteiger partial charge in [-0.3, -0.25) is 4.79 Å². The molecule has 0 aliphatic heterocycles. The summed E-state index contributed by atoms with van der Waals surface area (Å²) in [6.07, 6.45) is 0.644. The van der Waals surface area contributed by atoms with Crippen LogP contribution in [0.2, 0.25) is 0 Å². The lowest BCUT2D eigenvalue weighted by Crippen LogP contribution is -2.21. The minimum absolute atomic E-state index is 0.144. The SMILES string of the molecule is Cc1noc2nc(-c3ccc(F)cc3)cc(C(=O)OCC(=O)Nc3ccccc3Cc3ccccc3)c12. The molecule has 0 saturated carbocycles. The average molecular weight is 496 g/mol. The van der Waals surface area contributed by atoms with Gasteiger partial charge in [0.15, 0.2) is 6.61 Å². The first-order chi connectivity index (χ1) is 18.0. The first kappa shape index (κ1) is 23.9. The number of ether oxygens (including phenoxy) is 1. The molecular formula is C29H22FN3O4. The lowest BCUT2D eigenvalue weighted by atomic mass is 10.0. The molecule has 3 aromatic carbocycles. The molecule has 5 aromatic rings. The van der Waals surface area contributed by atoms with E-state index in [9.17, 15) is 14.0 Å². The lowest BCUT2D eigenvalue weighted by Gasteiger charge is -2.12. The van der Waals surface area contributed by atoms with Crippen molar-refractivity contribution in [3.8, 4) is 11.3 Å². The summed E-state index contributed by atoms with van der Waals surface area (Å²) < 4.78 is 24.0. The maximum Gasteiger partial charge on any atom is 0.339 e. The predicted octanol–water partition coefficient (Wildman–Crippen LogP) is 5.72. The summed E-state index contributed by atoms with van der Waals surface area (Å²) in [5.41, 5.74) is 4.41. The largest absolute Gasteiger partial charge is 0.452 e. The summed E-state index contributed by atoms with van der Waals surface area (Å²) in [4.78, 5) is 30.1. The van der Waals surface area contributed by atoms with Crippen LogP contribution in [-0.4, -0.2) is 28.6 Å². The van der Waals surface area contributed by atoms with Crippen LogP contribution in [0.4, 0.5) is 10.1 Å². The van der Waals surface area contributed by atoms with E-state index in [1.807, 2.05) is 48.5 Å². The number of aromatic nitrogens is 2. The second-order valence-electron chi connectivity index (χ2n) is 8.45. The fourth-order valence-electron chi connectivity index (χ4n) is 4.03. The van der Waals surface area contributed by atoms with Crippen molar-refractivity contribution in [1.82, 2.24) is 10.1 Å². The van der Waals surface area contributed by atoms with E-state index >= 15 is 0 Å². The van der Waals surface area contributed by atoms with Crippen LogP contribution in [0.5, 0.6) is 0 Å². The number of fused-ring (bicyclic) bond motifs is 1. The Labute approximate surface area is 211 Å². The smallest absolute Gasteiger partial charge is 0.339 e. The van der Waals surface area contributed by atoms with Gasteiger partial charge in [-0.05, 0) is 60.9 Å². The minimum Gasteiger partial charge on any atom is -0.452 e. The second-order valence-corrected chi connectivity index (χ2v) is 8.45. The van der Waals surface area contributed by atoms with Gasteiger partial charge in [0, 0.05) is 11.3 Å². The van der Waals surface area contributed by atoms with Crippen molar-refractivity contribution in [2.75, 3.05) is 11.9 Å². The summed E-state index contributed by atoms with van der Waals surface area (Å²) >= 11 is 0. The zero-order valence-corrected chi connectivity index (χ0v) is 19.9. The molecule has 7 nitrogen and oxygen atoms in total. The topological polar surface area (TPSA) is 94.3 Å². The number of rotatable bonds is 7. The van der Waals surface area contributed by atoms with E-state index in [0.29, 0.717) is 34.4 Å². The fourth-order valence-corrected chi connectivity index (χ4v) is 4.03. The highest BCUT2D eigenvalue weighted by atomic mass is 19.1. The van der Waals surface area contributed by atoms with Gasteiger partial charge in [0.1, 0.15) is 5.82 Å². The van der Waals surface area contributed by atoms with E-state index in [-0.39, 0.29) is 11.3 Å². The zero-order valence-electron chi connectivity index (χ0n) is 19.9. The molecule has 0 aliphatic rings. The number of hydrogen-bond donors (Lipinski definition) is 1. The van der Waals surface area contributed by atoms with Gasteiger partial charge in [0.05, 0.1) is 22.3 Å². The van der Waals surface area contributed by atoms with Gasteiger partial charge in [-0.15, -0.1) is 0 Å². The van der Waals surface area contributed by atoms with Crippen LogP contribution in [0.3, 0.4) is 0 Å². The molecule has 0 unspecified atom stereocenters. The summed E-state index contributed by atoms with van der Waals surface area (Å²) in [6.45, 7) is 1.19. The molecule has 2 aromatic heterocycles. The summed E-state index contributed by atoms with van der Waals surface area (Å²) in [7, 11) is 0. The maximum atomic E-state index is 13.4. The van der Waals surface area contributed by atoms with E-state index < -0.39 is 24.3 Å². The molecule has 184 valence electrons. The van der Waals surface area contributed by atoms with E-state index in [0.717, 1.165) is 11.1 Å². The van der Waals surface area contributed by atoms with Gasteiger partial charge in [-0.25, -0.2) is 14.2 Å². The van der Waals surface area contributed by atoms with Crippen molar-refractivity contribution in [2.24, 2.45) is 0 Å². The minimum atomic E-state index is -0.727. The summed E-state index contributed by atoms with van der Waals surface area (Å²) in [5.74, 6) is -1.59. The van der Waals surface area contributed by atoms with Crippen LogP contribution in [0.25, 0.3) is 22.4 Å². The molecule has 8 heteroatoms. The highest BCUT2D eigenvalue weighted by molar-refractivity contribution is 6.05. The van der Waals surface area contributed by atoms with Crippen LogP contribution < -0.4 is 5.32 Å². The molecule has 0 aliphatic carbocycles. The van der Waals surface area contributed by atoms with Crippen molar-refractivity contribution in [1.29, 1.82) is 0 Å². The number of nitrogens with zero attached hydrogens (tertiary/aromatic N) is 2.